The maximum Gasteiger partial charge on any atom is 0.255 e. The van der Waals surface area contributed by atoms with E-state index in [1.54, 1.807) is 12.1 Å². The number of aryl methyl sites for hydroxylation is 2. The van der Waals surface area contributed by atoms with Gasteiger partial charge in [-0.3, -0.25) is 4.79 Å². The molecule has 0 unspecified atom stereocenters. The average molecular weight is 265 g/mol. The molecule has 3 aromatic rings. The van der Waals surface area contributed by atoms with Crippen molar-refractivity contribution in [2.24, 2.45) is 0 Å². The predicted octanol–water partition coefficient (Wildman–Crippen LogP) is 3.20. The van der Waals surface area contributed by atoms with Crippen LogP contribution in [0.4, 0.5) is 5.69 Å². The van der Waals surface area contributed by atoms with Crippen LogP contribution in [0.3, 0.4) is 0 Å². The van der Waals surface area contributed by atoms with Crippen molar-refractivity contribution in [3.63, 3.8) is 0 Å². The zero-order chi connectivity index (χ0) is 14.1. The lowest BCUT2D eigenvalue weighted by Gasteiger charge is -2.05. The highest BCUT2D eigenvalue weighted by atomic mass is 16.1. The van der Waals surface area contributed by atoms with Crippen molar-refractivity contribution < 1.29 is 4.79 Å². The van der Waals surface area contributed by atoms with Crippen LogP contribution in [0.2, 0.25) is 0 Å². The van der Waals surface area contributed by atoms with Crippen LogP contribution in [0.25, 0.3) is 5.65 Å². The molecule has 0 aliphatic rings. The van der Waals surface area contributed by atoms with Gasteiger partial charge in [-0.1, -0.05) is 17.7 Å². The first kappa shape index (κ1) is 12.4. The minimum absolute atomic E-state index is 0.128. The molecule has 100 valence electrons. The molecule has 1 amide bonds. The van der Waals surface area contributed by atoms with E-state index in [9.17, 15) is 4.79 Å². The summed E-state index contributed by atoms with van der Waals surface area (Å²) >= 11 is 0. The number of rotatable bonds is 2. The van der Waals surface area contributed by atoms with Crippen LogP contribution in [0.1, 0.15) is 21.6 Å². The molecule has 1 aromatic carbocycles. The van der Waals surface area contributed by atoms with Gasteiger partial charge in [-0.2, -0.15) is 0 Å². The van der Waals surface area contributed by atoms with Crippen molar-refractivity contribution in [3.05, 3.63) is 65.6 Å². The third kappa shape index (κ3) is 2.40. The van der Waals surface area contributed by atoms with E-state index >= 15 is 0 Å². The molecule has 0 saturated carbocycles. The average Bonchev–Trinajstić information content (AvgIpc) is 2.80. The van der Waals surface area contributed by atoms with Gasteiger partial charge in [0.1, 0.15) is 5.65 Å². The van der Waals surface area contributed by atoms with Gasteiger partial charge in [-0.25, -0.2) is 4.98 Å². The number of benzene rings is 1. The number of carbonyl (C=O) groups excluding carboxylic acids is 1. The molecule has 1 N–H and O–H groups in total. The number of nitrogens with one attached hydrogen (secondary N) is 1. The fraction of sp³-hybridized carbons (Fsp3) is 0.125. The summed E-state index contributed by atoms with van der Waals surface area (Å²) in [4.78, 5) is 16.6. The van der Waals surface area contributed by atoms with Crippen molar-refractivity contribution in [3.8, 4) is 0 Å². The maximum atomic E-state index is 12.2. The van der Waals surface area contributed by atoms with Gasteiger partial charge in [0.05, 0.1) is 5.69 Å². The molecule has 0 bridgehead atoms. The van der Waals surface area contributed by atoms with Crippen LogP contribution < -0.4 is 5.32 Å². The molecule has 4 heteroatoms. The molecule has 0 fully saturated rings. The van der Waals surface area contributed by atoms with Gasteiger partial charge in [-0.05, 0) is 38.1 Å². The van der Waals surface area contributed by atoms with Gasteiger partial charge >= 0.3 is 0 Å². The highest BCUT2D eigenvalue weighted by Gasteiger charge is 2.08. The van der Waals surface area contributed by atoms with Crippen LogP contribution >= 0.6 is 0 Å². The molecular weight excluding hydrogens is 250 g/mol. The molecule has 4 nitrogen and oxygen atoms in total. The normalized spacial score (nSPS) is 10.7. The number of hydrogen-bond acceptors (Lipinski definition) is 2. The number of fused-ring (bicyclic) bond motifs is 1. The number of carbonyl (C=O) groups is 1. The highest BCUT2D eigenvalue weighted by molar-refractivity contribution is 6.04. The van der Waals surface area contributed by atoms with Gasteiger partial charge in [-0.15, -0.1) is 0 Å². The minimum atomic E-state index is -0.128. The Morgan fingerprint density at radius 2 is 1.90 bits per heavy atom. The van der Waals surface area contributed by atoms with Gasteiger partial charge in [0.2, 0.25) is 0 Å². The number of hydrogen-bond donors (Lipinski definition) is 1. The molecule has 3 rings (SSSR count). The Bertz CT molecular complexity index is 772. The number of imidazole rings is 1. The van der Waals surface area contributed by atoms with E-state index in [1.165, 1.54) is 0 Å². The van der Waals surface area contributed by atoms with E-state index in [4.69, 9.17) is 0 Å². The Balaban J connectivity index is 1.86. The highest BCUT2D eigenvalue weighted by Crippen LogP contribution is 2.12. The fourth-order valence-corrected chi connectivity index (χ4v) is 2.09. The summed E-state index contributed by atoms with van der Waals surface area (Å²) in [6.45, 7) is 3.94. The molecule has 0 spiro atoms. The van der Waals surface area contributed by atoms with Crippen molar-refractivity contribution in [2.75, 3.05) is 5.32 Å². The Kier molecular flexibility index (Phi) is 2.99. The Morgan fingerprint density at radius 1 is 1.15 bits per heavy atom. The lowest BCUT2D eigenvalue weighted by Crippen LogP contribution is -2.12. The molecule has 0 aliphatic heterocycles. The molecule has 2 aromatic heterocycles. The molecule has 2 heterocycles. The Labute approximate surface area is 117 Å². The number of amides is 1. The smallest absolute Gasteiger partial charge is 0.255 e. The topological polar surface area (TPSA) is 46.4 Å². The zero-order valence-electron chi connectivity index (χ0n) is 11.4. The van der Waals surface area contributed by atoms with Crippen LogP contribution in [0.5, 0.6) is 0 Å². The van der Waals surface area contributed by atoms with E-state index in [1.807, 2.05) is 54.9 Å². The van der Waals surface area contributed by atoms with Crippen molar-refractivity contribution in [2.45, 2.75) is 13.8 Å². The quantitative estimate of drug-likeness (QED) is 0.773. The number of anilines is 1. The largest absolute Gasteiger partial charge is 0.322 e. The lowest BCUT2D eigenvalue weighted by atomic mass is 10.2. The molecule has 0 aliphatic carbocycles. The van der Waals surface area contributed by atoms with Gasteiger partial charge in [0.15, 0.2) is 0 Å². The second-order valence-electron chi connectivity index (χ2n) is 4.88. The van der Waals surface area contributed by atoms with E-state index in [0.29, 0.717) is 5.56 Å². The van der Waals surface area contributed by atoms with Crippen molar-refractivity contribution in [1.82, 2.24) is 9.38 Å². The summed E-state index contributed by atoms with van der Waals surface area (Å²) in [7, 11) is 0. The van der Waals surface area contributed by atoms with Gasteiger partial charge in [0, 0.05) is 23.6 Å². The van der Waals surface area contributed by atoms with Crippen LogP contribution in [0, 0.1) is 13.8 Å². The van der Waals surface area contributed by atoms with E-state index < -0.39 is 0 Å². The third-order valence-corrected chi connectivity index (χ3v) is 3.15. The summed E-state index contributed by atoms with van der Waals surface area (Å²) in [5.74, 6) is -0.128. The van der Waals surface area contributed by atoms with E-state index in [2.05, 4.69) is 10.3 Å². The maximum absolute atomic E-state index is 12.2. The summed E-state index contributed by atoms with van der Waals surface area (Å²) in [5.41, 5.74) is 4.26. The van der Waals surface area contributed by atoms with E-state index in [-0.39, 0.29) is 5.91 Å². The van der Waals surface area contributed by atoms with Crippen LogP contribution in [-0.4, -0.2) is 15.3 Å². The summed E-state index contributed by atoms with van der Waals surface area (Å²) in [6.07, 6.45) is 3.77. The van der Waals surface area contributed by atoms with E-state index in [0.717, 1.165) is 22.6 Å². The monoisotopic (exact) mass is 265 g/mol. The number of aromatic nitrogens is 2. The summed E-state index contributed by atoms with van der Waals surface area (Å²) in [6, 6.07) is 11.3. The van der Waals surface area contributed by atoms with Crippen molar-refractivity contribution in [1.29, 1.82) is 0 Å². The van der Waals surface area contributed by atoms with Crippen LogP contribution in [0.15, 0.2) is 48.8 Å². The SMILES string of the molecule is Cc1ccc(NC(=O)c2ccn3cc(C)nc3c2)cc1. The third-order valence-electron chi connectivity index (χ3n) is 3.15. The number of nitrogens with zero attached hydrogens (tertiary/aromatic N) is 2. The molecule has 20 heavy (non-hydrogen) atoms. The summed E-state index contributed by atoms with van der Waals surface area (Å²) in [5, 5.41) is 2.88. The number of pyridine rings is 1. The van der Waals surface area contributed by atoms with Gasteiger partial charge < -0.3 is 9.72 Å². The standard InChI is InChI=1S/C16H15N3O/c1-11-3-5-14(6-4-11)18-16(20)13-7-8-19-10-12(2)17-15(19)9-13/h3-10H,1-2H3,(H,18,20). The zero-order valence-corrected chi connectivity index (χ0v) is 11.4. The summed E-state index contributed by atoms with van der Waals surface area (Å²) < 4.78 is 1.90. The first-order chi connectivity index (χ1) is 9.61. The van der Waals surface area contributed by atoms with Gasteiger partial charge in [0.25, 0.3) is 5.91 Å². The lowest BCUT2D eigenvalue weighted by molar-refractivity contribution is 0.102. The van der Waals surface area contributed by atoms with Crippen LogP contribution in [-0.2, 0) is 0 Å². The second-order valence-corrected chi connectivity index (χ2v) is 4.88. The first-order valence-electron chi connectivity index (χ1n) is 6.45. The molecule has 0 radical (unpaired) electrons. The second kappa shape index (κ2) is 4.81. The Hall–Kier alpha value is -2.62. The first-order valence-corrected chi connectivity index (χ1v) is 6.45. The molecule has 0 saturated heterocycles. The minimum Gasteiger partial charge on any atom is -0.322 e. The molecular formula is C16H15N3O. The fourth-order valence-electron chi connectivity index (χ4n) is 2.09. The Morgan fingerprint density at radius 3 is 2.65 bits per heavy atom. The predicted molar refractivity (Wildman–Crippen MR) is 79.1 cm³/mol. The van der Waals surface area contributed by atoms with Crippen molar-refractivity contribution >= 4 is 17.2 Å². The molecule has 0 atom stereocenters.